The highest BCUT2D eigenvalue weighted by atomic mass is 16.5. The number of likely N-dealkylation sites (tertiary alicyclic amines) is 1. The van der Waals surface area contributed by atoms with Crippen molar-refractivity contribution in [2.45, 2.75) is 38.7 Å². The van der Waals surface area contributed by atoms with Crippen LogP contribution >= 0.6 is 0 Å². The van der Waals surface area contributed by atoms with Gasteiger partial charge in [0.1, 0.15) is 5.75 Å². The first-order valence-electron chi connectivity index (χ1n) is 7.76. The minimum atomic E-state index is -0.431. The van der Waals surface area contributed by atoms with Gasteiger partial charge in [0.15, 0.2) is 6.10 Å². The number of nitrogens with zero attached hydrogens (tertiary/aromatic N) is 1. The highest BCUT2D eigenvalue weighted by molar-refractivity contribution is 5.82. The molecule has 2 aromatic rings. The van der Waals surface area contributed by atoms with Gasteiger partial charge in [0, 0.05) is 30.2 Å². The molecule has 4 nitrogen and oxygen atoms in total. The quantitative estimate of drug-likeness (QED) is 0.940. The zero-order chi connectivity index (χ0) is 14.7. The molecule has 1 aliphatic rings. The maximum absolute atomic E-state index is 12.5. The monoisotopic (exact) mass is 286 g/mol. The van der Waals surface area contributed by atoms with Crippen molar-refractivity contribution < 1.29 is 9.53 Å². The van der Waals surface area contributed by atoms with E-state index in [2.05, 4.69) is 4.98 Å². The molecule has 0 bridgehead atoms. The second-order valence-electron chi connectivity index (χ2n) is 5.73. The first kappa shape index (κ1) is 14.0. The van der Waals surface area contributed by atoms with Gasteiger partial charge in [0.05, 0.1) is 0 Å². The van der Waals surface area contributed by atoms with Gasteiger partial charge in [-0.1, -0.05) is 12.8 Å². The predicted molar refractivity (Wildman–Crippen MR) is 83.4 cm³/mol. The molecule has 3 rings (SSSR count). The third-order valence-corrected chi connectivity index (χ3v) is 4.10. The van der Waals surface area contributed by atoms with Crippen molar-refractivity contribution in [3.63, 3.8) is 0 Å². The Morgan fingerprint density at radius 1 is 1.19 bits per heavy atom. The fourth-order valence-corrected chi connectivity index (χ4v) is 2.91. The number of hydrogen-bond acceptors (Lipinski definition) is 2. The topological polar surface area (TPSA) is 45.3 Å². The molecule has 0 aliphatic carbocycles. The van der Waals surface area contributed by atoms with E-state index in [9.17, 15) is 4.79 Å². The molecule has 0 radical (unpaired) electrons. The predicted octanol–water partition coefficient (Wildman–Crippen LogP) is 3.34. The standard InChI is InChI=1S/C17H22N2O2/c1-13(17(20)19-10-4-2-3-5-11-19)21-15-6-7-16-14(12-15)8-9-18-16/h6-9,12-13,18H,2-5,10-11H2,1H3. The summed E-state index contributed by atoms with van der Waals surface area (Å²) in [6.07, 6.45) is 6.13. The Morgan fingerprint density at radius 2 is 1.95 bits per heavy atom. The second kappa shape index (κ2) is 6.20. The first-order valence-corrected chi connectivity index (χ1v) is 7.76. The Morgan fingerprint density at radius 3 is 2.71 bits per heavy atom. The fraction of sp³-hybridized carbons (Fsp3) is 0.471. The van der Waals surface area contributed by atoms with E-state index < -0.39 is 6.10 Å². The average molecular weight is 286 g/mol. The van der Waals surface area contributed by atoms with Gasteiger partial charge >= 0.3 is 0 Å². The van der Waals surface area contributed by atoms with Crippen molar-refractivity contribution in [2.24, 2.45) is 0 Å². The third-order valence-electron chi connectivity index (χ3n) is 4.10. The van der Waals surface area contributed by atoms with Crippen LogP contribution in [0.3, 0.4) is 0 Å². The van der Waals surface area contributed by atoms with Gasteiger partial charge < -0.3 is 14.6 Å². The van der Waals surface area contributed by atoms with E-state index in [-0.39, 0.29) is 5.91 Å². The van der Waals surface area contributed by atoms with Crippen LogP contribution in [0.2, 0.25) is 0 Å². The molecule has 112 valence electrons. The number of amides is 1. The van der Waals surface area contributed by atoms with E-state index in [0.29, 0.717) is 0 Å². The molecule has 1 N–H and O–H groups in total. The third kappa shape index (κ3) is 3.20. The van der Waals surface area contributed by atoms with Gasteiger partial charge in [-0.05, 0) is 44.0 Å². The summed E-state index contributed by atoms with van der Waals surface area (Å²) >= 11 is 0. The van der Waals surface area contributed by atoms with Crippen LogP contribution in [0, 0.1) is 0 Å². The Labute approximate surface area is 125 Å². The summed E-state index contributed by atoms with van der Waals surface area (Å²) in [7, 11) is 0. The molecule has 4 heteroatoms. The van der Waals surface area contributed by atoms with Crippen LogP contribution in [-0.4, -0.2) is 35.0 Å². The molecule has 1 fully saturated rings. The molecule has 1 atom stereocenters. The lowest BCUT2D eigenvalue weighted by Gasteiger charge is -2.24. The van der Waals surface area contributed by atoms with E-state index >= 15 is 0 Å². The smallest absolute Gasteiger partial charge is 0.263 e. The maximum atomic E-state index is 12.5. The summed E-state index contributed by atoms with van der Waals surface area (Å²) in [5.41, 5.74) is 1.08. The molecular weight excluding hydrogens is 264 g/mol. The molecule has 1 unspecified atom stereocenters. The molecule has 2 heterocycles. The van der Waals surface area contributed by atoms with Crippen molar-refractivity contribution in [3.05, 3.63) is 30.5 Å². The van der Waals surface area contributed by atoms with E-state index in [1.807, 2.05) is 42.3 Å². The van der Waals surface area contributed by atoms with Crippen LogP contribution in [0.15, 0.2) is 30.5 Å². The highest BCUT2D eigenvalue weighted by Gasteiger charge is 2.22. The normalized spacial score (nSPS) is 17.5. The molecule has 1 aromatic heterocycles. The first-order chi connectivity index (χ1) is 10.2. The Bertz CT molecular complexity index is 612. The van der Waals surface area contributed by atoms with Crippen LogP contribution in [0.5, 0.6) is 5.75 Å². The molecule has 1 aliphatic heterocycles. The zero-order valence-corrected chi connectivity index (χ0v) is 12.5. The number of rotatable bonds is 3. The SMILES string of the molecule is CC(Oc1ccc2[nH]ccc2c1)C(=O)N1CCCCCC1. The minimum Gasteiger partial charge on any atom is -0.481 e. The van der Waals surface area contributed by atoms with Crippen LogP contribution in [0.1, 0.15) is 32.6 Å². The molecule has 0 saturated carbocycles. The second-order valence-corrected chi connectivity index (χ2v) is 5.73. The molecule has 21 heavy (non-hydrogen) atoms. The maximum Gasteiger partial charge on any atom is 0.263 e. The van der Waals surface area contributed by atoms with Gasteiger partial charge in [-0.25, -0.2) is 0 Å². The van der Waals surface area contributed by atoms with E-state index in [1.54, 1.807) is 0 Å². The lowest BCUT2D eigenvalue weighted by atomic mass is 10.2. The average Bonchev–Trinajstić information content (AvgIpc) is 2.78. The highest BCUT2D eigenvalue weighted by Crippen LogP contribution is 2.21. The minimum absolute atomic E-state index is 0.103. The number of nitrogens with one attached hydrogen (secondary N) is 1. The Kier molecular flexibility index (Phi) is 4.13. The number of fused-ring (bicyclic) bond motifs is 1. The van der Waals surface area contributed by atoms with Crippen LogP contribution in [0.4, 0.5) is 0 Å². The lowest BCUT2D eigenvalue weighted by molar-refractivity contribution is -0.137. The number of aromatic nitrogens is 1. The van der Waals surface area contributed by atoms with Crippen LogP contribution in [0.25, 0.3) is 10.9 Å². The van der Waals surface area contributed by atoms with Crippen molar-refractivity contribution >= 4 is 16.8 Å². The number of carbonyl (C=O) groups excluding carboxylic acids is 1. The van der Waals surface area contributed by atoms with Gasteiger partial charge in [-0.2, -0.15) is 0 Å². The number of benzene rings is 1. The van der Waals surface area contributed by atoms with Gasteiger partial charge in [0.2, 0.25) is 0 Å². The summed E-state index contributed by atoms with van der Waals surface area (Å²) in [4.78, 5) is 17.6. The van der Waals surface area contributed by atoms with E-state index in [4.69, 9.17) is 4.74 Å². The summed E-state index contributed by atoms with van der Waals surface area (Å²) < 4.78 is 5.84. The zero-order valence-electron chi connectivity index (χ0n) is 12.5. The Hall–Kier alpha value is -1.97. The molecule has 1 amide bonds. The van der Waals surface area contributed by atoms with Crippen LogP contribution < -0.4 is 4.74 Å². The molecule has 1 aromatic carbocycles. The van der Waals surface area contributed by atoms with Gasteiger partial charge in [-0.15, -0.1) is 0 Å². The summed E-state index contributed by atoms with van der Waals surface area (Å²) in [6.45, 7) is 3.57. The van der Waals surface area contributed by atoms with E-state index in [0.717, 1.165) is 42.6 Å². The van der Waals surface area contributed by atoms with E-state index in [1.165, 1.54) is 12.8 Å². The van der Waals surface area contributed by atoms with Crippen molar-refractivity contribution in [1.29, 1.82) is 0 Å². The summed E-state index contributed by atoms with van der Waals surface area (Å²) in [6, 6.07) is 7.86. The number of ether oxygens (including phenoxy) is 1. The summed E-state index contributed by atoms with van der Waals surface area (Å²) in [5, 5.41) is 1.10. The number of carbonyl (C=O) groups is 1. The number of aromatic amines is 1. The largest absolute Gasteiger partial charge is 0.481 e. The molecule has 0 spiro atoms. The molecular formula is C17H22N2O2. The molecule has 1 saturated heterocycles. The van der Waals surface area contributed by atoms with Crippen LogP contribution in [-0.2, 0) is 4.79 Å². The lowest BCUT2D eigenvalue weighted by Crippen LogP contribution is -2.40. The van der Waals surface area contributed by atoms with Gasteiger partial charge in [-0.3, -0.25) is 4.79 Å². The summed E-state index contributed by atoms with van der Waals surface area (Å²) in [5.74, 6) is 0.851. The number of H-pyrrole nitrogens is 1. The van der Waals surface area contributed by atoms with Crippen molar-refractivity contribution in [2.75, 3.05) is 13.1 Å². The van der Waals surface area contributed by atoms with Crippen molar-refractivity contribution in [1.82, 2.24) is 9.88 Å². The Balaban J connectivity index is 1.66. The van der Waals surface area contributed by atoms with Crippen molar-refractivity contribution in [3.8, 4) is 5.75 Å². The fourth-order valence-electron chi connectivity index (χ4n) is 2.91. The number of hydrogen-bond donors (Lipinski definition) is 1. The van der Waals surface area contributed by atoms with Gasteiger partial charge in [0.25, 0.3) is 5.91 Å².